The van der Waals surface area contributed by atoms with Gasteiger partial charge < -0.3 is 9.13 Å². The number of nitrogens with zero attached hydrogens (tertiary/aromatic N) is 2. The van der Waals surface area contributed by atoms with Crippen LogP contribution in [0.4, 0.5) is 0 Å². The Kier molecular flexibility index (Phi) is 5.15. The van der Waals surface area contributed by atoms with Crippen molar-refractivity contribution in [1.82, 2.24) is 14.5 Å². The summed E-state index contributed by atoms with van der Waals surface area (Å²) in [7, 11) is -3.50. The lowest BCUT2D eigenvalue weighted by atomic mass is 10.1. The maximum atomic E-state index is 12.9. The molecular formula is C24H21N3O5S. The van der Waals surface area contributed by atoms with Crippen molar-refractivity contribution in [1.29, 1.82) is 0 Å². The second kappa shape index (κ2) is 8.02. The molecule has 0 fully saturated rings. The van der Waals surface area contributed by atoms with Gasteiger partial charge in [-0.3, -0.25) is 19.1 Å². The molecule has 33 heavy (non-hydrogen) atoms. The molecule has 0 radical (unpaired) electrons. The lowest BCUT2D eigenvalue weighted by Crippen LogP contribution is -2.24. The highest BCUT2D eigenvalue weighted by Crippen LogP contribution is 2.32. The zero-order chi connectivity index (χ0) is 23.2. The molecule has 0 saturated carbocycles. The van der Waals surface area contributed by atoms with Crippen LogP contribution in [0.25, 0.3) is 33.2 Å². The van der Waals surface area contributed by atoms with E-state index in [1.54, 1.807) is 15.3 Å². The van der Waals surface area contributed by atoms with E-state index in [0.717, 1.165) is 33.6 Å². The van der Waals surface area contributed by atoms with Crippen molar-refractivity contribution in [2.75, 3.05) is 12.9 Å². The Labute approximate surface area is 190 Å². The van der Waals surface area contributed by atoms with Gasteiger partial charge in [0.05, 0.1) is 23.9 Å². The number of para-hydroxylation sites is 2. The Morgan fingerprint density at radius 2 is 1.55 bits per heavy atom. The molecule has 2 amide bonds. The summed E-state index contributed by atoms with van der Waals surface area (Å²) in [6.07, 6.45) is 5.68. The molecule has 2 aromatic heterocycles. The molecule has 0 saturated heterocycles. The first kappa shape index (κ1) is 21.2. The van der Waals surface area contributed by atoms with Crippen molar-refractivity contribution in [2.45, 2.75) is 12.8 Å². The molecular weight excluding hydrogens is 442 g/mol. The van der Waals surface area contributed by atoms with Gasteiger partial charge in [-0.1, -0.05) is 36.4 Å². The minimum Gasteiger partial charge on any atom is -0.310 e. The minimum absolute atomic E-state index is 0.0701. The molecule has 4 aromatic rings. The highest BCUT2D eigenvalue weighted by atomic mass is 32.2. The zero-order valence-electron chi connectivity index (χ0n) is 17.8. The quantitative estimate of drug-likeness (QED) is 0.258. The Balaban J connectivity index is 1.62. The minimum atomic E-state index is -3.50. The Morgan fingerprint density at radius 3 is 2.30 bits per heavy atom. The van der Waals surface area contributed by atoms with Crippen molar-refractivity contribution in [3.05, 3.63) is 72.6 Å². The van der Waals surface area contributed by atoms with Crippen LogP contribution in [-0.2, 0) is 30.3 Å². The molecule has 5 rings (SSSR count). The van der Waals surface area contributed by atoms with Crippen molar-refractivity contribution in [3.8, 4) is 0 Å². The van der Waals surface area contributed by atoms with E-state index >= 15 is 0 Å². The van der Waals surface area contributed by atoms with Crippen molar-refractivity contribution >= 4 is 55.1 Å². The lowest BCUT2D eigenvalue weighted by Gasteiger charge is -2.09. The molecule has 0 atom stereocenters. The van der Waals surface area contributed by atoms with Crippen LogP contribution in [0.15, 0.2) is 67.0 Å². The van der Waals surface area contributed by atoms with Gasteiger partial charge in [0.1, 0.15) is 11.4 Å². The first-order valence-corrected chi connectivity index (χ1v) is 12.3. The zero-order valence-corrected chi connectivity index (χ0v) is 18.6. The number of benzene rings is 2. The Morgan fingerprint density at radius 1 is 0.879 bits per heavy atom. The standard InChI is InChI=1S/C24H21N3O5S/c1-33(30,31)32-14-6-8-17-15-27(20-11-5-3-9-18(17)20)22-21(23(28)25-24(22)29)26-13-12-16-7-2-4-10-19(16)26/h2-5,7,9-13,15H,6,8,14H2,1H3,(H,25,28,29). The molecule has 168 valence electrons. The molecule has 0 bridgehead atoms. The van der Waals surface area contributed by atoms with Crippen LogP contribution in [0.5, 0.6) is 0 Å². The summed E-state index contributed by atoms with van der Waals surface area (Å²) in [6.45, 7) is 0.0701. The molecule has 8 nitrogen and oxygen atoms in total. The third-order valence-corrected chi connectivity index (χ3v) is 6.24. The smallest absolute Gasteiger partial charge is 0.277 e. The number of hydrogen-bond acceptors (Lipinski definition) is 5. The maximum absolute atomic E-state index is 12.9. The van der Waals surface area contributed by atoms with E-state index < -0.39 is 21.9 Å². The number of hydrogen-bond donors (Lipinski definition) is 1. The van der Waals surface area contributed by atoms with Gasteiger partial charge in [0.15, 0.2) is 0 Å². The van der Waals surface area contributed by atoms with Crippen LogP contribution in [0.2, 0.25) is 0 Å². The SMILES string of the molecule is CS(=O)(=O)OCCCc1cn(C2=C(n3ccc4ccccc43)C(=O)NC2=O)c2ccccc12. The largest absolute Gasteiger partial charge is 0.310 e. The first-order chi connectivity index (χ1) is 15.8. The lowest BCUT2D eigenvalue weighted by molar-refractivity contribution is -0.123. The number of aryl methyl sites for hydroxylation is 1. The number of amides is 2. The average molecular weight is 464 g/mol. The molecule has 0 aliphatic carbocycles. The van der Waals surface area contributed by atoms with Gasteiger partial charge in [-0.2, -0.15) is 8.42 Å². The fourth-order valence-electron chi connectivity index (χ4n) is 4.27. The van der Waals surface area contributed by atoms with Crippen LogP contribution in [0, 0.1) is 0 Å². The third kappa shape index (κ3) is 3.85. The van der Waals surface area contributed by atoms with Crippen molar-refractivity contribution in [2.24, 2.45) is 0 Å². The fraction of sp³-hybridized carbons (Fsp3) is 0.167. The van der Waals surface area contributed by atoms with Gasteiger partial charge >= 0.3 is 0 Å². The van der Waals surface area contributed by atoms with Gasteiger partial charge in [0.25, 0.3) is 21.9 Å². The summed E-state index contributed by atoms with van der Waals surface area (Å²) in [5.74, 6) is -0.933. The van der Waals surface area contributed by atoms with Crippen molar-refractivity contribution < 1.29 is 22.2 Å². The van der Waals surface area contributed by atoms with Gasteiger partial charge in [0, 0.05) is 17.8 Å². The third-order valence-electron chi connectivity index (χ3n) is 5.65. The molecule has 1 N–H and O–H groups in total. The second-order valence-electron chi connectivity index (χ2n) is 7.90. The highest BCUT2D eigenvalue weighted by Gasteiger charge is 2.34. The average Bonchev–Trinajstić information content (AvgIpc) is 3.43. The van der Waals surface area contributed by atoms with E-state index in [9.17, 15) is 18.0 Å². The highest BCUT2D eigenvalue weighted by molar-refractivity contribution is 7.85. The normalized spacial score (nSPS) is 14.6. The van der Waals surface area contributed by atoms with Crippen LogP contribution >= 0.6 is 0 Å². The predicted molar refractivity (Wildman–Crippen MR) is 126 cm³/mol. The Bertz CT molecular complexity index is 1560. The van der Waals surface area contributed by atoms with Crippen LogP contribution < -0.4 is 5.32 Å². The van der Waals surface area contributed by atoms with E-state index in [4.69, 9.17) is 4.18 Å². The number of nitrogens with one attached hydrogen (secondary N) is 1. The monoisotopic (exact) mass is 463 g/mol. The molecule has 0 spiro atoms. The van der Waals surface area contributed by atoms with Gasteiger partial charge in [-0.15, -0.1) is 0 Å². The topological polar surface area (TPSA) is 99.4 Å². The van der Waals surface area contributed by atoms with Gasteiger partial charge in [-0.05, 0) is 42.0 Å². The molecule has 9 heteroatoms. The van der Waals surface area contributed by atoms with E-state index in [-0.39, 0.29) is 18.0 Å². The molecule has 2 aromatic carbocycles. The molecule has 0 unspecified atom stereocenters. The Hall–Kier alpha value is -3.69. The van der Waals surface area contributed by atoms with Gasteiger partial charge in [0.2, 0.25) is 0 Å². The number of carbonyl (C=O) groups is 2. The summed E-state index contributed by atoms with van der Waals surface area (Å²) in [5.41, 5.74) is 3.04. The number of aromatic nitrogens is 2. The summed E-state index contributed by atoms with van der Waals surface area (Å²) in [4.78, 5) is 25.8. The van der Waals surface area contributed by atoms with Crippen LogP contribution in [-0.4, -0.2) is 42.2 Å². The summed E-state index contributed by atoms with van der Waals surface area (Å²) < 4.78 is 30.8. The summed E-state index contributed by atoms with van der Waals surface area (Å²) >= 11 is 0. The van der Waals surface area contributed by atoms with E-state index in [1.807, 2.05) is 60.8 Å². The van der Waals surface area contributed by atoms with Crippen molar-refractivity contribution in [3.63, 3.8) is 0 Å². The number of carbonyl (C=O) groups excluding carboxylic acids is 2. The molecule has 1 aliphatic heterocycles. The summed E-state index contributed by atoms with van der Waals surface area (Å²) in [5, 5.41) is 4.31. The first-order valence-electron chi connectivity index (χ1n) is 10.4. The van der Waals surface area contributed by atoms with Crippen LogP contribution in [0.3, 0.4) is 0 Å². The maximum Gasteiger partial charge on any atom is 0.277 e. The predicted octanol–water partition coefficient (Wildman–Crippen LogP) is 2.99. The van der Waals surface area contributed by atoms with E-state index in [0.29, 0.717) is 12.8 Å². The van der Waals surface area contributed by atoms with E-state index in [2.05, 4.69) is 5.32 Å². The number of fused-ring (bicyclic) bond motifs is 2. The summed E-state index contributed by atoms with van der Waals surface area (Å²) in [6, 6.07) is 17.2. The van der Waals surface area contributed by atoms with Crippen LogP contribution in [0.1, 0.15) is 12.0 Å². The fourth-order valence-corrected chi connectivity index (χ4v) is 4.69. The molecule has 1 aliphatic rings. The number of rotatable bonds is 7. The van der Waals surface area contributed by atoms with E-state index in [1.165, 1.54) is 0 Å². The molecule has 3 heterocycles. The second-order valence-corrected chi connectivity index (χ2v) is 9.54. The van der Waals surface area contributed by atoms with Gasteiger partial charge in [-0.25, -0.2) is 0 Å². The number of imide groups is 1.